The zero-order valence-electron chi connectivity index (χ0n) is 8.64. The zero-order valence-corrected chi connectivity index (χ0v) is 8.64. The highest BCUT2D eigenvalue weighted by Crippen LogP contribution is 2.06. The number of hydrogen-bond acceptors (Lipinski definition) is 2. The van der Waals surface area contributed by atoms with Crippen LogP contribution in [-0.2, 0) is 0 Å². The predicted octanol–water partition coefficient (Wildman–Crippen LogP) is 1.45. The molecular formula is C11H20N2. The van der Waals surface area contributed by atoms with Crippen molar-refractivity contribution < 1.29 is 0 Å². The van der Waals surface area contributed by atoms with Gasteiger partial charge in [0, 0.05) is 12.1 Å². The highest BCUT2D eigenvalue weighted by Gasteiger charge is 2.09. The van der Waals surface area contributed by atoms with Crippen LogP contribution in [0.2, 0.25) is 0 Å². The molecule has 0 amide bonds. The summed E-state index contributed by atoms with van der Waals surface area (Å²) in [4.78, 5) is 0. The third-order valence-electron chi connectivity index (χ3n) is 2.36. The summed E-state index contributed by atoms with van der Waals surface area (Å²) in [6, 6.07) is 1.13. The van der Waals surface area contributed by atoms with Gasteiger partial charge in [-0.05, 0) is 51.9 Å². The fourth-order valence-corrected chi connectivity index (χ4v) is 1.55. The van der Waals surface area contributed by atoms with Crippen LogP contribution < -0.4 is 10.6 Å². The summed E-state index contributed by atoms with van der Waals surface area (Å²) in [7, 11) is 2.00. The first-order valence-electron chi connectivity index (χ1n) is 5.14. The van der Waals surface area contributed by atoms with Crippen LogP contribution in [0.3, 0.4) is 0 Å². The Labute approximate surface area is 81.1 Å². The minimum absolute atomic E-state index is 0.539. The van der Waals surface area contributed by atoms with E-state index in [0.29, 0.717) is 12.1 Å². The molecule has 2 nitrogen and oxygen atoms in total. The van der Waals surface area contributed by atoms with E-state index in [2.05, 4.69) is 35.4 Å². The van der Waals surface area contributed by atoms with Gasteiger partial charge in [-0.25, -0.2) is 0 Å². The van der Waals surface area contributed by atoms with Crippen molar-refractivity contribution in [2.24, 2.45) is 0 Å². The molecule has 0 aromatic heterocycles. The van der Waals surface area contributed by atoms with Crippen molar-refractivity contribution in [1.29, 1.82) is 0 Å². The van der Waals surface area contributed by atoms with Gasteiger partial charge < -0.3 is 10.6 Å². The fraction of sp³-hybridized carbons (Fsp3) is 0.727. The highest BCUT2D eigenvalue weighted by atomic mass is 14.9. The highest BCUT2D eigenvalue weighted by molar-refractivity contribution is 5.00. The van der Waals surface area contributed by atoms with Crippen molar-refractivity contribution in [3.63, 3.8) is 0 Å². The molecule has 2 N–H and O–H groups in total. The maximum Gasteiger partial charge on any atom is 0.0330 e. The Morgan fingerprint density at radius 1 is 1.62 bits per heavy atom. The molecule has 2 heteroatoms. The maximum absolute atomic E-state index is 3.58. The molecule has 0 aromatic rings. The topological polar surface area (TPSA) is 24.1 Å². The lowest BCUT2D eigenvalue weighted by molar-refractivity contribution is 0.448. The van der Waals surface area contributed by atoms with E-state index in [1.807, 2.05) is 7.05 Å². The molecule has 2 unspecified atom stereocenters. The summed E-state index contributed by atoms with van der Waals surface area (Å²) < 4.78 is 0. The molecule has 0 aromatic carbocycles. The van der Waals surface area contributed by atoms with Gasteiger partial charge in [0.25, 0.3) is 0 Å². The molecular weight excluding hydrogens is 160 g/mol. The van der Waals surface area contributed by atoms with E-state index < -0.39 is 0 Å². The first-order valence-corrected chi connectivity index (χ1v) is 5.14. The van der Waals surface area contributed by atoms with E-state index in [1.165, 1.54) is 12.8 Å². The third kappa shape index (κ3) is 4.28. The number of rotatable bonds is 5. The summed E-state index contributed by atoms with van der Waals surface area (Å²) >= 11 is 0. The van der Waals surface area contributed by atoms with Crippen LogP contribution in [0, 0.1) is 0 Å². The molecule has 1 aliphatic rings. The molecule has 0 heterocycles. The molecule has 2 atom stereocenters. The van der Waals surface area contributed by atoms with Crippen LogP contribution >= 0.6 is 0 Å². The van der Waals surface area contributed by atoms with Crippen LogP contribution in [0.25, 0.3) is 0 Å². The number of hydrogen-bond donors (Lipinski definition) is 2. The smallest absolute Gasteiger partial charge is 0.0330 e. The van der Waals surface area contributed by atoms with Crippen LogP contribution in [0.4, 0.5) is 0 Å². The molecule has 0 saturated heterocycles. The van der Waals surface area contributed by atoms with E-state index in [0.717, 1.165) is 13.0 Å². The molecule has 0 saturated carbocycles. The van der Waals surface area contributed by atoms with Crippen molar-refractivity contribution >= 4 is 0 Å². The lowest BCUT2D eigenvalue weighted by atomic mass is 10.1. The van der Waals surface area contributed by atoms with E-state index in [4.69, 9.17) is 0 Å². The van der Waals surface area contributed by atoms with Gasteiger partial charge in [0.2, 0.25) is 0 Å². The minimum atomic E-state index is 0.539. The van der Waals surface area contributed by atoms with E-state index in [9.17, 15) is 0 Å². The van der Waals surface area contributed by atoms with Gasteiger partial charge in [-0.1, -0.05) is 0 Å². The first-order chi connectivity index (χ1) is 6.33. The Kier molecular flexibility index (Phi) is 4.84. The molecule has 1 rings (SSSR count). The van der Waals surface area contributed by atoms with Crippen molar-refractivity contribution in [3.8, 4) is 0 Å². The van der Waals surface area contributed by atoms with Crippen LogP contribution in [0.15, 0.2) is 17.9 Å². The van der Waals surface area contributed by atoms with Crippen molar-refractivity contribution in [1.82, 2.24) is 10.6 Å². The fourth-order valence-electron chi connectivity index (χ4n) is 1.55. The Balaban J connectivity index is 2.19. The normalized spacial score (nSPS) is 23.4. The Bertz CT molecular complexity index is 192. The van der Waals surface area contributed by atoms with Crippen LogP contribution in [-0.4, -0.2) is 25.7 Å². The molecule has 0 spiro atoms. The molecule has 0 radical (unpaired) electrons. The lowest BCUT2D eigenvalue weighted by Gasteiger charge is -2.20. The third-order valence-corrected chi connectivity index (χ3v) is 2.36. The SMILES string of the molecule is CNCCC(C)NC1C=C=CCC1. The Hall–Kier alpha value is -0.560. The maximum atomic E-state index is 3.58. The van der Waals surface area contributed by atoms with Gasteiger partial charge in [-0.2, -0.15) is 0 Å². The van der Waals surface area contributed by atoms with Crippen molar-refractivity contribution in [2.45, 2.75) is 38.3 Å². The van der Waals surface area contributed by atoms with Gasteiger partial charge in [0.15, 0.2) is 0 Å². The average Bonchev–Trinajstić information content (AvgIpc) is 2.16. The quantitative estimate of drug-likeness (QED) is 0.626. The predicted molar refractivity (Wildman–Crippen MR) is 56.8 cm³/mol. The average molecular weight is 180 g/mol. The van der Waals surface area contributed by atoms with E-state index >= 15 is 0 Å². The second-order valence-electron chi connectivity index (χ2n) is 3.68. The van der Waals surface area contributed by atoms with Gasteiger partial charge in [-0.3, -0.25) is 0 Å². The summed E-state index contributed by atoms with van der Waals surface area (Å²) in [5.74, 6) is 0. The van der Waals surface area contributed by atoms with Crippen molar-refractivity contribution in [2.75, 3.05) is 13.6 Å². The summed E-state index contributed by atoms with van der Waals surface area (Å²) in [6.45, 7) is 3.32. The Morgan fingerprint density at radius 3 is 3.08 bits per heavy atom. The van der Waals surface area contributed by atoms with Gasteiger partial charge >= 0.3 is 0 Å². The first kappa shape index (κ1) is 10.5. The molecule has 0 fully saturated rings. The second-order valence-corrected chi connectivity index (χ2v) is 3.68. The molecule has 0 bridgehead atoms. The standard InChI is InChI=1S/C11H20N2/c1-10(8-9-12-2)13-11-6-4-3-5-7-11/h3,7,10-13H,4,6,8-9H2,1-2H3. The van der Waals surface area contributed by atoms with Gasteiger partial charge in [-0.15, -0.1) is 5.73 Å². The minimum Gasteiger partial charge on any atom is -0.320 e. The Morgan fingerprint density at radius 2 is 2.46 bits per heavy atom. The van der Waals surface area contributed by atoms with Crippen LogP contribution in [0.5, 0.6) is 0 Å². The largest absolute Gasteiger partial charge is 0.320 e. The second kappa shape index (κ2) is 5.98. The number of nitrogens with one attached hydrogen (secondary N) is 2. The van der Waals surface area contributed by atoms with E-state index in [1.54, 1.807) is 0 Å². The van der Waals surface area contributed by atoms with Gasteiger partial charge in [0.1, 0.15) is 0 Å². The van der Waals surface area contributed by atoms with Crippen molar-refractivity contribution in [3.05, 3.63) is 17.9 Å². The van der Waals surface area contributed by atoms with Gasteiger partial charge in [0.05, 0.1) is 0 Å². The monoisotopic (exact) mass is 180 g/mol. The lowest BCUT2D eigenvalue weighted by Crippen LogP contribution is -2.37. The molecule has 1 aliphatic carbocycles. The van der Waals surface area contributed by atoms with E-state index in [-0.39, 0.29) is 0 Å². The molecule has 74 valence electrons. The van der Waals surface area contributed by atoms with Crippen LogP contribution in [0.1, 0.15) is 26.2 Å². The molecule has 0 aliphatic heterocycles. The summed E-state index contributed by atoms with van der Waals surface area (Å²) in [6.07, 6.45) is 7.81. The summed E-state index contributed by atoms with van der Waals surface area (Å²) in [5.41, 5.74) is 3.17. The molecule has 13 heavy (non-hydrogen) atoms. The summed E-state index contributed by atoms with van der Waals surface area (Å²) in [5, 5.41) is 6.74. The zero-order chi connectivity index (χ0) is 9.52.